The number of carbonyl (C=O) groups excluding carboxylic acids is 2. The van der Waals surface area contributed by atoms with E-state index in [1.165, 1.54) is 79.9 Å². The maximum absolute atomic E-state index is 13.5. The highest BCUT2D eigenvalue weighted by Crippen LogP contribution is 2.57. The van der Waals surface area contributed by atoms with Gasteiger partial charge in [0.2, 0.25) is 0 Å². The Morgan fingerprint density at radius 2 is 0.885 bits per heavy atom. The molecule has 0 amide bonds. The Balaban J connectivity index is 1.53. The van der Waals surface area contributed by atoms with E-state index in [1.54, 1.807) is 0 Å². The van der Waals surface area contributed by atoms with Gasteiger partial charge in [0.25, 0.3) is 0 Å². The number of esters is 2. The molecule has 0 unspecified atom stereocenters. The van der Waals surface area contributed by atoms with Crippen LogP contribution in [0.3, 0.4) is 0 Å². The summed E-state index contributed by atoms with van der Waals surface area (Å²) in [6.07, 6.45) is 4.07. The number of hydrogen-bond acceptors (Lipinski definition) is 4. The molecule has 0 aromatic heterocycles. The van der Waals surface area contributed by atoms with Crippen molar-refractivity contribution in [2.45, 2.75) is 39.5 Å². The third-order valence-corrected chi connectivity index (χ3v) is 11.6. The first-order valence-corrected chi connectivity index (χ1v) is 18.3. The smallest absolute Gasteiger partial charge is 0.339 e. The van der Waals surface area contributed by atoms with E-state index in [1.807, 2.05) is 12.1 Å². The van der Waals surface area contributed by atoms with Crippen molar-refractivity contribution in [1.82, 2.24) is 0 Å². The van der Waals surface area contributed by atoms with Crippen LogP contribution in [0, 0.1) is 0 Å². The number of rotatable bonds is 8. The molecule has 4 nitrogen and oxygen atoms in total. The summed E-state index contributed by atoms with van der Waals surface area (Å²) in [6.45, 7) is 4.58. The van der Waals surface area contributed by atoms with Crippen molar-refractivity contribution in [2.75, 3.05) is 14.2 Å². The van der Waals surface area contributed by atoms with Gasteiger partial charge in [-0.15, -0.1) is 0 Å². The lowest BCUT2D eigenvalue weighted by Gasteiger charge is -2.22. The van der Waals surface area contributed by atoms with E-state index in [-0.39, 0.29) is 11.1 Å². The van der Waals surface area contributed by atoms with Crippen LogP contribution in [-0.2, 0) is 22.3 Å². The standard InChI is InChI=1S/C48H36O4/c1-5-13-29-30(14-6-2)36(26-17-11-8-12-18-26)43-34-24-28-20-22-32-41-38(28)46-37-27(23-33(39(34)46)42(43)35(29)25-15-9-7-10-16-25)19-21-31(40(37)41)44(47(49)51-3)45(32)48(50)52-4/h7-12,15-24H,5-6,13-14H2,1-4H3. The van der Waals surface area contributed by atoms with Crippen molar-refractivity contribution in [3.8, 4) is 22.3 Å². The lowest BCUT2D eigenvalue weighted by molar-refractivity contribution is 0.0559. The second kappa shape index (κ2) is 11.2. The van der Waals surface area contributed by atoms with E-state index in [9.17, 15) is 9.59 Å². The van der Waals surface area contributed by atoms with Gasteiger partial charge in [0, 0.05) is 0 Å². The van der Waals surface area contributed by atoms with Gasteiger partial charge in [0.15, 0.2) is 0 Å². The summed E-state index contributed by atoms with van der Waals surface area (Å²) in [5.74, 6) is -1.09. The number of hydrogen-bond donors (Lipinski definition) is 0. The van der Waals surface area contributed by atoms with Gasteiger partial charge >= 0.3 is 11.9 Å². The molecule has 0 saturated heterocycles. The highest BCUT2D eigenvalue weighted by atomic mass is 16.5. The quantitative estimate of drug-likeness (QED) is 0.119. The molecule has 0 spiro atoms. The van der Waals surface area contributed by atoms with E-state index in [4.69, 9.17) is 9.47 Å². The lowest BCUT2D eigenvalue weighted by atomic mass is 9.81. The third-order valence-electron chi connectivity index (χ3n) is 11.6. The molecule has 252 valence electrons. The first-order chi connectivity index (χ1) is 25.5. The van der Waals surface area contributed by atoms with Gasteiger partial charge in [-0.05, 0) is 134 Å². The van der Waals surface area contributed by atoms with Crippen molar-refractivity contribution in [1.29, 1.82) is 0 Å². The summed E-state index contributed by atoms with van der Waals surface area (Å²) >= 11 is 0. The van der Waals surface area contributed by atoms with Crippen molar-refractivity contribution < 1.29 is 19.1 Å². The molecular weight excluding hydrogens is 641 g/mol. The third kappa shape index (κ3) is 3.82. The molecule has 0 bridgehead atoms. The number of carbonyl (C=O) groups is 2. The number of ether oxygens (including phenoxy) is 2. The van der Waals surface area contributed by atoms with Crippen LogP contribution in [-0.4, -0.2) is 26.2 Å². The topological polar surface area (TPSA) is 52.6 Å². The first kappa shape index (κ1) is 30.8. The number of fused-ring (bicyclic) bond motifs is 3. The minimum Gasteiger partial charge on any atom is -0.465 e. The van der Waals surface area contributed by atoms with E-state index >= 15 is 0 Å². The summed E-state index contributed by atoms with van der Waals surface area (Å²) in [5.41, 5.74) is 8.56. The average Bonchev–Trinajstić information content (AvgIpc) is 3.71. The van der Waals surface area contributed by atoms with Gasteiger partial charge in [0.1, 0.15) is 0 Å². The van der Waals surface area contributed by atoms with Gasteiger partial charge in [-0.3, -0.25) is 0 Å². The SMILES string of the molecule is CCCc1c(CCC)c(-c2ccccc2)c2c3cc4ccc5c(C(=O)OC)c(C(=O)OC)c6ccc7cc(c2c1-c1ccccc1)c3c1c7c6c5c41. The summed E-state index contributed by atoms with van der Waals surface area (Å²) in [5, 5.41) is 15.5. The fourth-order valence-corrected chi connectivity index (χ4v) is 9.78. The molecule has 10 rings (SSSR count). The molecule has 0 aliphatic rings. The highest BCUT2D eigenvalue weighted by Gasteiger charge is 2.33. The molecule has 4 heteroatoms. The molecule has 0 fully saturated rings. The van der Waals surface area contributed by atoms with Gasteiger partial charge in [-0.1, -0.05) is 112 Å². The summed E-state index contributed by atoms with van der Waals surface area (Å²) in [4.78, 5) is 27.1. The normalized spacial score (nSPS) is 12.3. The maximum Gasteiger partial charge on any atom is 0.339 e. The van der Waals surface area contributed by atoms with Crippen LogP contribution in [0.15, 0.2) is 97.1 Å². The molecule has 0 radical (unpaired) electrons. The van der Waals surface area contributed by atoms with Crippen LogP contribution >= 0.6 is 0 Å². The van der Waals surface area contributed by atoms with Crippen LogP contribution in [0.2, 0.25) is 0 Å². The lowest BCUT2D eigenvalue weighted by Crippen LogP contribution is -2.13. The summed E-state index contributed by atoms with van der Waals surface area (Å²) in [7, 11) is 2.73. The minimum atomic E-state index is -0.546. The van der Waals surface area contributed by atoms with E-state index < -0.39 is 11.9 Å². The van der Waals surface area contributed by atoms with Gasteiger partial charge in [-0.2, -0.15) is 0 Å². The van der Waals surface area contributed by atoms with Gasteiger partial charge in [0.05, 0.1) is 25.3 Å². The Kier molecular flexibility index (Phi) is 6.66. The molecule has 0 heterocycles. The van der Waals surface area contributed by atoms with Crippen molar-refractivity contribution in [3.63, 3.8) is 0 Å². The van der Waals surface area contributed by atoms with Crippen LogP contribution in [0.4, 0.5) is 0 Å². The zero-order chi connectivity index (χ0) is 35.4. The van der Waals surface area contributed by atoms with E-state index in [0.717, 1.165) is 58.0 Å². The zero-order valence-electron chi connectivity index (χ0n) is 29.7. The van der Waals surface area contributed by atoms with Crippen molar-refractivity contribution in [3.05, 3.63) is 119 Å². The second-order valence-electron chi connectivity index (χ2n) is 14.2. The molecule has 52 heavy (non-hydrogen) atoms. The first-order valence-electron chi connectivity index (χ1n) is 18.3. The van der Waals surface area contributed by atoms with Crippen molar-refractivity contribution in [2.24, 2.45) is 0 Å². The van der Waals surface area contributed by atoms with Gasteiger partial charge < -0.3 is 9.47 Å². The second-order valence-corrected chi connectivity index (χ2v) is 14.2. The number of methoxy groups -OCH3 is 2. The Hall–Kier alpha value is -6.00. The molecular formula is C48H36O4. The Labute approximate surface area is 300 Å². The molecule has 0 atom stereocenters. The molecule has 0 aliphatic heterocycles. The minimum absolute atomic E-state index is 0.257. The molecule has 0 saturated carbocycles. The Morgan fingerprint density at radius 3 is 1.27 bits per heavy atom. The molecule has 10 aromatic carbocycles. The van der Waals surface area contributed by atoms with Crippen LogP contribution < -0.4 is 0 Å². The number of benzene rings is 8. The molecule has 0 aliphatic carbocycles. The monoisotopic (exact) mass is 676 g/mol. The van der Waals surface area contributed by atoms with Crippen molar-refractivity contribution >= 4 is 87.3 Å². The van der Waals surface area contributed by atoms with E-state index in [0.29, 0.717) is 10.8 Å². The Bertz CT molecular complexity index is 2810. The predicted molar refractivity (Wildman–Crippen MR) is 215 cm³/mol. The molecule has 10 aromatic rings. The zero-order valence-corrected chi connectivity index (χ0v) is 29.7. The summed E-state index contributed by atoms with van der Waals surface area (Å²) in [6, 6.07) is 34.9. The highest BCUT2D eigenvalue weighted by molar-refractivity contribution is 6.53. The fraction of sp³-hybridized carbons (Fsp3) is 0.167. The fourth-order valence-electron chi connectivity index (χ4n) is 9.78. The Morgan fingerprint density at radius 1 is 0.462 bits per heavy atom. The van der Waals surface area contributed by atoms with E-state index in [2.05, 4.69) is 98.8 Å². The van der Waals surface area contributed by atoms with Crippen LogP contribution in [0.1, 0.15) is 58.5 Å². The van der Waals surface area contributed by atoms with Crippen LogP contribution in [0.25, 0.3) is 97.7 Å². The predicted octanol–water partition coefficient (Wildman–Crippen LogP) is 12.3. The average molecular weight is 677 g/mol. The molecule has 0 N–H and O–H groups in total. The van der Waals surface area contributed by atoms with Gasteiger partial charge in [-0.25, -0.2) is 9.59 Å². The maximum atomic E-state index is 13.5. The van der Waals surface area contributed by atoms with Crippen LogP contribution in [0.5, 0.6) is 0 Å². The largest absolute Gasteiger partial charge is 0.465 e. The summed E-state index contributed by atoms with van der Waals surface area (Å²) < 4.78 is 10.6.